The van der Waals surface area contributed by atoms with Crippen LogP contribution >= 0.6 is 0 Å². The second-order valence-electron chi connectivity index (χ2n) is 7.54. The Hall–Kier alpha value is -0.0800. The van der Waals surface area contributed by atoms with E-state index in [1.165, 1.54) is 64.5 Å². The normalized spacial score (nSPS) is 40.6. The fourth-order valence-electron chi connectivity index (χ4n) is 4.26. The van der Waals surface area contributed by atoms with E-state index in [2.05, 4.69) is 24.1 Å². The third-order valence-electron chi connectivity index (χ3n) is 5.70. The molecule has 1 aliphatic heterocycles. The highest BCUT2D eigenvalue weighted by Crippen LogP contribution is 2.38. The lowest BCUT2D eigenvalue weighted by Crippen LogP contribution is -2.51. The van der Waals surface area contributed by atoms with E-state index in [9.17, 15) is 0 Å². The van der Waals surface area contributed by atoms with Gasteiger partial charge in [0.2, 0.25) is 0 Å². The van der Waals surface area contributed by atoms with E-state index < -0.39 is 0 Å². The van der Waals surface area contributed by atoms with Crippen LogP contribution in [0, 0.1) is 11.8 Å². The molecule has 110 valence electrons. The standard InChI is InChI=1S/C17H32N2/c1-13-6-7-14(2)17(11-13)19(16-8-9-16)12-15-5-3-4-10-18-15/h13-18H,3-12H2,1-2H3. The summed E-state index contributed by atoms with van der Waals surface area (Å²) in [7, 11) is 0. The maximum Gasteiger partial charge on any atom is 0.0195 e. The number of piperidine rings is 1. The van der Waals surface area contributed by atoms with Crippen molar-refractivity contribution >= 4 is 0 Å². The van der Waals surface area contributed by atoms with E-state index in [1.54, 1.807) is 0 Å². The van der Waals surface area contributed by atoms with Crippen molar-refractivity contribution in [2.45, 2.75) is 83.3 Å². The molecule has 2 nitrogen and oxygen atoms in total. The summed E-state index contributed by atoms with van der Waals surface area (Å²) < 4.78 is 0. The van der Waals surface area contributed by atoms with Gasteiger partial charge in [-0.15, -0.1) is 0 Å². The molecule has 3 rings (SSSR count). The molecule has 0 bridgehead atoms. The van der Waals surface area contributed by atoms with Crippen molar-refractivity contribution in [3.8, 4) is 0 Å². The van der Waals surface area contributed by atoms with Crippen molar-refractivity contribution in [1.29, 1.82) is 0 Å². The number of nitrogens with one attached hydrogen (secondary N) is 1. The Labute approximate surface area is 119 Å². The van der Waals surface area contributed by atoms with E-state index >= 15 is 0 Å². The highest BCUT2D eigenvalue weighted by molar-refractivity contribution is 4.95. The third-order valence-corrected chi connectivity index (χ3v) is 5.70. The van der Waals surface area contributed by atoms with Gasteiger partial charge in [0.1, 0.15) is 0 Å². The Bertz CT molecular complexity index is 281. The van der Waals surface area contributed by atoms with Crippen molar-refractivity contribution in [3.63, 3.8) is 0 Å². The predicted octanol–water partition coefficient (Wildman–Crippen LogP) is 3.42. The van der Waals surface area contributed by atoms with Crippen molar-refractivity contribution in [2.24, 2.45) is 11.8 Å². The molecule has 3 fully saturated rings. The molecule has 1 N–H and O–H groups in total. The van der Waals surface area contributed by atoms with Crippen molar-refractivity contribution in [2.75, 3.05) is 13.1 Å². The van der Waals surface area contributed by atoms with Gasteiger partial charge in [0.25, 0.3) is 0 Å². The van der Waals surface area contributed by atoms with Gasteiger partial charge >= 0.3 is 0 Å². The fourth-order valence-corrected chi connectivity index (χ4v) is 4.26. The summed E-state index contributed by atoms with van der Waals surface area (Å²) >= 11 is 0. The lowest BCUT2D eigenvalue weighted by Gasteiger charge is -2.43. The maximum absolute atomic E-state index is 3.76. The average Bonchev–Trinajstić information content (AvgIpc) is 3.25. The van der Waals surface area contributed by atoms with E-state index in [4.69, 9.17) is 0 Å². The highest BCUT2D eigenvalue weighted by Gasteiger charge is 2.39. The minimum absolute atomic E-state index is 0.777. The Balaban J connectivity index is 1.62. The topological polar surface area (TPSA) is 15.3 Å². The molecule has 2 heteroatoms. The smallest absolute Gasteiger partial charge is 0.0195 e. The van der Waals surface area contributed by atoms with Crippen molar-refractivity contribution in [3.05, 3.63) is 0 Å². The van der Waals surface area contributed by atoms with Crippen molar-refractivity contribution < 1.29 is 0 Å². The number of hydrogen-bond acceptors (Lipinski definition) is 2. The van der Waals surface area contributed by atoms with Crippen LogP contribution in [0.4, 0.5) is 0 Å². The second kappa shape index (κ2) is 6.13. The molecular weight excluding hydrogens is 232 g/mol. The molecule has 1 heterocycles. The zero-order valence-electron chi connectivity index (χ0n) is 12.9. The van der Waals surface area contributed by atoms with Crippen LogP contribution in [0.5, 0.6) is 0 Å². The Morgan fingerprint density at radius 3 is 2.53 bits per heavy atom. The Morgan fingerprint density at radius 2 is 1.84 bits per heavy atom. The lowest BCUT2D eigenvalue weighted by molar-refractivity contribution is 0.0710. The minimum Gasteiger partial charge on any atom is -0.313 e. The molecule has 4 unspecified atom stereocenters. The molecule has 0 aromatic carbocycles. The molecular formula is C17H32N2. The van der Waals surface area contributed by atoms with Crippen LogP contribution in [-0.4, -0.2) is 36.1 Å². The Morgan fingerprint density at radius 1 is 1.00 bits per heavy atom. The van der Waals surface area contributed by atoms with Gasteiger partial charge in [-0.2, -0.15) is 0 Å². The van der Waals surface area contributed by atoms with E-state index in [0.717, 1.165) is 30.0 Å². The molecule has 0 aromatic heterocycles. The highest BCUT2D eigenvalue weighted by atomic mass is 15.2. The molecule has 19 heavy (non-hydrogen) atoms. The zero-order chi connectivity index (χ0) is 13.2. The van der Waals surface area contributed by atoms with Gasteiger partial charge in [-0.05, 0) is 56.9 Å². The van der Waals surface area contributed by atoms with E-state index in [-0.39, 0.29) is 0 Å². The molecule has 2 saturated carbocycles. The summed E-state index contributed by atoms with van der Waals surface area (Å²) in [5.74, 6) is 1.86. The summed E-state index contributed by atoms with van der Waals surface area (Å²) in [5, 5.41) is 3.76. The van der Waals surface area contributed by atoms with Crippen LogP contribution in [-0.2, 0) is 0 Å². The summed E-state index contributed by atoms with van der Waals surface area (Å²) in [6.07, 6.45) is 11.5. The first-order valence-electron chi connectivity index (χ1n) is 8.73. The first kappa shape index (κ1) is 13.9. The molecule has 0 radical (unpaired) electrons. The first-order chi connectivity index (χ1) is 9.24. The van der Waals surface area contributed by atoms with Gasteiger partial charge in [-0.1, -0.05) is 26.7 Å². The molecule has 1 saturated heterocycles. The molecule has 3 aliphatic rings. The van der Waals surface area contributed by atoms with Gasteiger partial charge in [-0.3, -0.25) is 4.90 Å². The molecule has 0 aromatic rings. The van der Waals surface area contributed by atoms with E-state index in [0.29, 0.717) is 0 Å². The van der Waals surface area contributed by atoms with E-state index in [1.807, 2.05) is 0 Å². The van der Waals surface area contributed by atoms with Crippen LogP contribution in [0.3, 0.4) is 0 Å². The fraction of sp³-hybridized carbons (Fsp3) is 1.00. The van der Waals surface area contributed by atoms with Crippen LogP contribution in [0.1, 0.15) is 65.2 Å². The average molecular weight is 264 g/mol. The van der Waals surface area contributed by atoms with Gasteiger partial charge < -0.3 is 5.32 Å². The SMILES string of the molecule is CC1CCC(C)C(N(CC2CCCCN2)C2CC2)C1. The summed E-state index contributed by atoms with van der Waals surface area (Å²) in [6, 6.07) is 2.58. The molecule has 4 atom stereocenters. The third kappa shape index (κ3) is 3.52. The van der Waals surface area contributed by atoms with Gasteiger partial charge in [-0.25, -0.2) is 0 Å². The van der Waals surface area contributed by atoms with Crippen LogP contribution < -0.4 is 5.32 Å². The zero-order valence-corrected chi connectivity index (χ0v) is 12.9. The predicted molar refractivity (Wildman–Crippen MR) is 81.3 cm³/mol. The van der Waals surface area contributed by atoms with Crippen LogP contribution in [0.2, 0.25) is 0 Å². The molecule has 0 amide bonds. The van der Waals surface area contributed by atoms with Crippen molar-refractivity contribution in [1.82, 2.24) is 10.2 Å². The number of rotatable bonds is 4. The number of nitrogens with zero attached hydrogens (tertiary/aromatic N) is 1. The van der Waals surface area contributed by atoms with Gasteiger partial charge in [0.15, 0.2) is 0 Å². The van der Waals surface area contributed by atoms with Gasteiger partial charge in [0, 0.05) is 24.7 Å². The largest absolute Gasteiger partial charge is 0.313 e. The summed E-state index contributed by atoms with van der Waals surface area (Å²) in [4.78, 5) is 2.92. The maximum atomic E-state index is 3.76. The monoisotopic (exact) mass is 264 g/mol. The second-order valence-corrected chi connectivity index (χ2v) is 7.54. The Kier molecular flexibility index (Phi) is 4.48. The summed E-state index contributed by atoms with van der Waals surface area (Å²) in [5.41, 5.74) is 0. The van der Waals surface area contributed by atoms with Crippen LogP contribution in [0.25, 0.3) is 0 Å². The van der Waals surface area contributed by atoms with Crippen LogP contribution in [0.15, 0.2) is 0 Å². The summed E-state index contributed by atoms with van der Waals surface area (Å²) in [6.45, 7) is 7.54. The first-order valence-corrected chi connectivity index (χ1v) is 8.73. The molecule has 0 spiro atoms. The quantitative estimate of drug-likeness (QED) is 0.837. The van der Waals surface area contributed by atoms with Gasteiger partial charge in [0.05, 0.1) is 0 Å². The number of hydrogen-bond donors (Lipinski definition) is 1. The molecule has 2 aliphatic carbocycles. The lowest BCUT2D eigenvalue weighted by atomic mass is 9.79. The minimum atomic E-state index is 0.777.